The lowest BCUT2D eigenvalue weighted by Crippen LogP contribution is -2.32. The molecule has 2 rings (SSSR count). The minimum atomic E-state index is -4.93. The van der Waals surface area contributed by atoms with E-state index in [0.29, 0.717) is 12.1 Å². The molecule has 0 heterocycles. The van der Waals surface area contributed by atoms with Crippen LogP contribution in [0, 0.1) is 10.1 Å². The molecule has 0 aliphatic carbocycles. The molecule has 7 nitrogen and oxygen atoms in total. The highest BCUT2D eigenvalue weighted by molar-refractivity contribution is 5.88. The van der Waals surface area contributed by atoms with Gasteiger partial charge in [0.15, 0.2) is 0 Å². The van der Waals surface area contributed by atoms with E-state index in [0.717, 1.165) is 24.3 Å². The molecule has 144 valence electrons. The minimum Gasteiger partial charge on any atom is -0.478 e. The van der Waals surface area contributed by atoms with E-state index < -0.39 is 46.1 Å². The predicted molar refractivity (Wildman–Crippen MR) is 77.7 cm³/mol. The normalized spacial score (nSPS) is 11.7. The van der Waals surface area contributed by atoms with Gasteiger partial charge in [-0.3, -0.25) is 10.1 Å². The monoisotopic (exact) mass is 393 g/mol. The van der Waals surface area contributed by atoms with E-state index >= 15 is 0 Å². The molecule has 0 fully saturated rings. The van der Waals surface area contributed by atoms with Crippen molar-refractivity contribution < 1.29 is 46.3 Å². The minimum absolute atomic E-state index is 0.0382. The smallest absolute Gasteiger partial charge is 0.478 e. The van der Waals surface area contributed by atoms with Crippen molar-refractivity contribution in [2.24, 2.45) is 0 Å². The SMILES string of the molecule is O=C(O)c1cccc(OC(F)(F)Oc2ccc(C(F)(F)F)cc2[N+](=O)[O-])c1. The van der Waals surface area contributed by atoms with E-state index in [4.69, 9.17) is 5.11 Å². The van der Waals surface area contributed by atoms with E-state index in [2.05, 4.69) is 9.47 Å². The second kappa shape index (κ2) is 7.05. The number of carboxylic acid groups (broad SMARTS) is 1. The lowest BCUT2D eigenvalue weighted by molar-refractivity contribution is -0.390. The molecule has 0 aromatic heterocycles. The predicted octanol–water partition coefficient (Wildman–Crippen LogP) is 4.32. The first-order valence-corrected chi connectivity index (χ1v) is 6.84. The third-order valence-electron chi connectivity index (χ3n) is 3.03. The Morgan fingerprint density at radius 3 is 2.26 bits per heavy atom. The van der Waals surface area contributed by atoms with Crippen LogP contribution < -0.4 is 9.47 Å². The Morgan fingerprint density at radius 2 is 1.70 bits per heavy atom. The number of nitro groups is 1. The van der Waals surface area contributed by atoms with Gasteiger partial charge in [-0.25, -0.2) is 4.79 Å². The Bertz CT molecular complexity index is 883. The Kier molecular flexibility index (Phi) is 5.19. The van der Waals surface area contributed by atoms with Crippen molar-refractivity contribution in [2.45, 2.75) is 12.5 Å². The lowest BCUT2D eigenvalue weighted by atomic mass is 10.2. The highest BCUT2D eigenvalue weighted by Crippen LogP contribution is 2.38. The topological polar surface area (TPSA) is 98.9 Å². The van der Waals surface area contributed by atoms with Crippen LogP contribution >= 0.6 is 0 Å². The Morgan fingerprint density at radius 1 is 1.04 bits per heavy atom. The summed E-state index contributed by atoms with van der Waals surface area (Å²) in [6.07, 6.45) is -9.47. The molecule has 0 saturated heterocycles. The van der Waals surface area contributed by atoms with E-state index in [1.54, 1.807) is 0 Å². The van der Waals surface area contributed by atoms with Gasteiger partial charge in [-0.2, -0.15) is 13.2 Å². The van der Waals surface area contributed by atoms with Crippen molar-refractivity contribution in [3.63, 3.8) is 0 Å². The summed E-state index contributed by atoms with van der Waals surface area (Å²) in [6.45, 7) is 0. The van der Waals surface area contributed by atoms with Crippen molar-refractivity contribution in [1.29, 1.82) is 0 Å². The number of alkyl halides is 5. The number of ether oxygens (including phenoxy) is 2. The second-order valence-corrected chi connectivity index (χ2v) is 4.94. The molecule has 2 aromatic rings. The number of hydrogen-bond donors (Lipinski definition) is 1. The molecule has 0 spiro atoms. The maximum atomic E-state index is 13.9. The molecule has 1 N–H and O–H groups in total. The van der Waals surface area contributed by atoms with E-state index in [1.807, 2.05) is 0 Å². The Balaban J connectivity index is 2.30. The van der Waals surface area contributed by atoms with Crippen LogP contribution in [0.2, 0.25) is 0 Å². The van der Waals surface area contributed by atoms with Crippen molar-refractivity contribution in [3.05, 3.63) is 63.7 Å². The molecular formula is C15H8F5NO6. The summed E-state index contributed by atoms with van der Waals surface area (Å²) < 4.78 is 73.8. The molecule has 0 amide bonds. The van der Waals surface area contributed by atoms with Crippen LogP contribution in [0.4, 0.5) is 27.6 Å². The van der Waals surface area contributed by atoms with Crippen LogP contribution in [0.15, 0.2) is 42.5 Å². The summed E-state index contributed by atoms with van der Waals surface area (Å²) in [5, 5.41) is 19.7. The first-order valence-electron chi connectivity index (χ1n) is 6.84. The standard InChI is InChI=1S/C15H8F5NO6/c16-14(17,18)9-4-5-12(11(7-9)21(24)25)27-15(19,20)26-10-3-1-2-8(6-10)13(22)23/h1-7H,(H,22,23). The van der Waals surface area contributed by atoms with Crippen LogP contribution in [0.1, 0.15) is 15.9 Å². The van der Waals surface area contributed by atoms with Gasteiger partial charge in [-0.05, 0) is 30.3 Å². The number of halogens is 5. The van der Waals surface area contributed by atoms with Gasteiger partial charge >= 0.3 is 24.1 Å². The van der Waals surface area contributed by atoms with Crippen LogP contribution in [0.5, 0.6) is 11.5 Å². The summed E-state index contributed by atoms with van der Waals surface area (Å²) in [4.78, 5) is 20.3. The van der Waals surface area contributed by atoms with Crippen LogP contribution in [0.25, 0.3) is 0 Å². The van der Waals surface area contributed by atoms with E-state index in [-0.39, 0.29) is 11.6 Å². The average Bonchev–Trinajstić information content (AvgIpc) is 2.53. The maximum absolute atomic E-state index is 13.9. The van der Waals surface area contributed by atoms with Gasteiger partial charge in [0.1, 0.15) is 5.75 Å². The molecular weight excluding hydrogens is 385 g/mol. The van der Waals surface area contributed by atoms with Crippen molar-refractivity contribution in [2.75, 3.05) is 0 Å². The molecule has 0 atom stereocenters. The van der Waals surface area contributed by atoms with E-state index in [1.165, 1.54) is 0 Å². The fourth-order valence-corrected chi connectivity index (χ4v) is 1.90. The zero-order chi connectivity index (χ0) is 20.4. The Hall–Kier alpha value is -3.44. The third kappa shape index (κ3) is 5.03. The first kappa shape index (κ1) is 19.9. The summed E-state index contributed by atoms with van der Waals surface area (Å²) in [7, 11) is 0. The van der Waals surface area contributed by atoms with Gasteiger partial charge in [-0.1, -0.05) is 6.07 Å². The third-order valence-corrected chi connectivity index (χ3v) is 3.03. The molecule has 0 saturated carbocycles. The van der Waals surface area contributed by atoms with Crippen LogP contribution in [-0.2, 0) is 6.18 Å². The Labute approximate surface area is 146 Å². The van der Waals surface area contributed by atoms with Crippen molar-refractivity contribution in [1.82, 2.24) is 0 Å². The summed E-state index contributed by atoms with van der Waals surface area (Å²) in [5.41, 5.74) is -3.17. The zero-order valence-electron chi connectivity index (χ0n) is 12.9. The van der Waals surface area contributed by atoms with Gasteiger partial charge in [0.05, 0.1) is 16.1 Å². The van der Waals surface area contributed by atoms with Gasteiger partial charge in [0.25, 0.3) is 0 Å². The maximum Gasteiger partial charge on any atom is 0.586 e. The van der Waals surface area contributed by atoms with Gasteiger partial charge in [0, 0.05) is 6.07 Å². The number of carbonyl (C=O) groups is 1. The number of hydrogen-bond acceptors (Lipinski definition) is 5. The zero-order valence-corrected chi connectivity index (χ0v) is 12.9. The largest absolute Gasteiger partial charge is 0.586 e. The molecule has 27 heavy (non-hydrogen) atoms. The quantitative estimate of drug-likeness (QED) is 0.340. The fraction of sp³-hybridized carbons (Fsp3) is 0.133. The van der Waals surface area contributed by atoms with Gasteiger partial charge in [0.2, 0.25) is 5.75 Å². The highest BCUT2D eigenvalue weighted by Gasteiger charge is 2.40. The van der Waals surface area contributed by atoms with Crippen molar-refractivity contribution in [3.8, 4) is 11.5 Å². The molecule has 2 aromatic carbocycles. The second-order valence-electron chi connectivity index (χ2n) is 4.94. The summed E-state index contributed by atoms with van der Waals surface area (Å²) >= 11 is 0. The molecule has 0 radical (unpaired) electrons. The average molecular weight is 393 g/mol. The number of nitrogens with zero attached hydrogens (tertiary/aromatic N) is 1. The molecule has 0 unspecified atom stereocenters. The fourth-order valence-electron chi connectivity index (χ4n) is 1.90. The van der Waals surface area contributed by atoms with Crippen LogP contribution in [-0.4, -0.2) is 22.3 Å². The highest BCUT2D eigenvalue weighted by atomic mass is 19.4. The molecule has 0 aliphatic heterocycles. The summed E-state index contributed by atoms with van der Waals surface area (Å²) in [5.74, 6) is -3.25. The van der Waals surface area contributed by atoms with Gasteiger partial charge < -0.3 is 14.6 Å². The van der Waals surface area contributed by atoms with Crippen molar-refractivity contribution >= 4 is 11.7 Å². The first-order chi connectivity index (χ1) is 12.4. The number of aromatic carboxylic acids is 1. The number of benzene rings is 2. The number of carboxylic acids is 1. The molecule has 12 heteroatoms. The summed E-state index contributed by atoms with van der Waals surface area (Å²) in [6, 6.07) is 4.60. The van der Waals surface area contributed by atoms with Gasteiger partial charge in [-0.15, -0.1) is 8.78 Å². The van der Waals surface area contributed by atoms with Crippen LogP contribution in [0.3, 0.4) is 0 Å². The number of rotatable bonds is 6. The lowest BCUT2D eigenvalue weighted by Gasteiger charge is -2.18. The molecule has 0 aliphatic rings. The van der Waals surface area contributed by atoms with E-state index in [9.17, 15) is 36.9 Å². The molecule has 0 bridgehead atoms. The number of nitro benzene ring substituents is 1.